The van der Waals surface area contributed by atoms with Crippen LogP contribution < -0.4 is 5.32 Å². The summed E-state index contributed by atoms with van der Waals surface area (Å²) in [6.07, 6.45) is 4.03. The summed E-state index contributed by atoms with van der Waals surface area (Å²) in [6.45, 7) is 4.23. The van der Waals surface area contributed by atoms with Crippen molar-refractivity contribution in [2.75, 3.05) is 18.9 Å². The fourth-order valence-corrected chi connectivity index (χ4v) is 5.15. The molecule has 2 aliphatic heterocycles. The normalized spacial score (nSPS) is 30.6. The van der Waals surface area contributed by atoms with Gasteiger partial charge in [0.25, 0.3) is 0 Å². The van der Waals surface area contributed by atoms with Crippen molar-refractivity contribution in [3.05, 3.63) is 29.8 Å². The Kier molecular flexibility index (Phi) is 5.32. The molecular formula is C16H23NOS2. The van der Waals surface area contributed by atoms with E-state index in [1.54, 1.807) is 0 Å². The highest BCUT2D eigenvalue weighted by atomic mass is 32.2. The highest BCUT2D eigenvalue weighted by Crippen LogP contribution is 2.35. The number of aryl methyl sites for hydroxylation is 1. The van der Waals surface area contributed by atoms with Crippen molar-refractivity contribution in [1.82, 2.24) is 5.32 Å². The molecule has 2 fully saturated rings. The lowest BCUT2D eigenvalue weighted by Gasteiger charge is -2.32. The molecule has 3 rings (SSSR count). The first-order valence-corrected chi connectivity index (χ1v) is 9.44. The van der Waals surface area contributed by atoms with Crippen LogP contribution in [0.15, 0.2) is 29.2 Å². The Morgan fingerprint density at radius 2 is 2.20 bits per heavy atom. The molecule has 1 aromatic rings. The zero-order valence-electron chi connectivity index (χ0n) is 12.0. The van der Waals surface area contributed by atoms with Crippen LogP contribution in [0.1, 0.15) is 24.8 Å². The largest absolute Gasteiger partial charge is 0.377 e. The smallest absolute Gasteiger partial charge is 0.0720 e. The van der Waals surface area contributed by atoms with Crippen LogP contribution in [-0.4, -0.2) is 35.6 Å². The second-order valence-corrected chi connectivity index (χ2v) is 8.19. The van der Waals surface area contributed by atoms with Gasteiger partial charge in [0, 0.05) is 29.0 Å². The van der Waals surface area contributed by atoms with Crippen LogP contribution in [0.3, 0.4) is 0 Å². The lowest BCUT2D eigenvalue weighted by molar-refractivity contribution is 0.0153. The van der Waals surface area contributed by atoms with Gasteiger partial charge < -0.3 is 10.1 Å². The highest BCUT2D eigenvalue weighted by molar-refractivity contribution is 8.00. The molecule has 1 aromatic carbocycles. The summed E-state index contributed by atoms with van der Waals surface area (Å²) in [5.41, 5.74) is 1.33. The molecule has 3 unspecified atom stereocenters. The molecule has 0 radical (unpaired) electrons. The minimum atomic E-state index is 0.401. The standard InChI is InChI=1S/C16H23NOS2/c1-12-4-6-13(7-5-12)20-15-3-2-9-18-14(15)11-16-17-8-10-19-16/h4-7,14-17H,2-3,8-11H2,1H3. The highest BCUT2D eigenvalue weighted by Gasteiger charge is 2.30. The molecule has 0 spiro atoms. The van der Waals surface area contributed by atoms with E-state index in [9.17, 15) is 0 Å². The van der Waals surface area contributed by atoms with Gasteiger partial charge in [0.05, 0.1) is 11.5 Å². The fraction of sp³-hybridized carbons (Fsp3) is 0.625. The van der Waals surface area contributed by atoms with Crippen LogP contribution in [0.4, 0.5) is 0 Å². The van der Waals surface area contributed by atoms with E-state index in [4.69, 9.17) is 4.74 Å². The first-order chi connectivity index (χ1) is 9.81. The predicted molar refractivity (Wildman–Crippen MR) is 88.7 cm³/mol. The molecule has 2 heterocycles. The van der Waals surface area contributed by atoms with Gasteiger partial charge in [-0.2, -0.15) is 0 Å². The summed E-state index contributed by atoms with van der Waals surface area (Å²) in [6, 6.07) is 8.90. The second kappa shape index (κ2) is 7.21. The lowest BCUT2D eigenvalue weighted by atomic mass is 10.1. The van der Waals surface area contributed by atoms with Crippen LogP contribution in [0.25, 0.3) is 0 Å². The first kappa shape index (κ1) is 14.8. The van der Waals surface area contributed by atoms with Crippen molar-refractivity contribution in [1.29, 1.82) is 0 Å². The molecule has 0 saturated carbocycles. The van der Waals surface area contributed by atoms with E-state index in [2.05, 4.69) is 36.5 Å². The summed E-state index contributed by atoms with van der Waals surface area (Å²) in [7, 11) is 0. The van der Waals surface area contributed by atoms with Gasteiger partial charge in [-0.05, 0) is 38.3 Å². The molecule has 3 atom stereocenters. The van der Waals surface area contributed by atoms with E-state index in [1.807, 2.05) is 23.5 Å². The minimum absolute atomic E-state index is 0.401. The van der Waals surface area contributed by atoms with Crippen LogP contribution in [0, 0.1) is 6.92 Å². The minimum Gasteiger partial charge on any atom is -0.377 e. The zero-order chi connectivity index (χ0) is 13.8. The fourth-order valence-electron chi connectivity index (χ4n) is 2.80. The first-order valence-electron chi connectivity index (χ1n) is 7.51. The third-order valence-electron chi connectivity index (χ3n) is 3.93. The maximum Gasteiger partial charge on any atom is 0.0720 e. The van der Waals surface area contributed by atoms with Crippen molar-refractivity contribution in [3.8, 4) is 0 Å². The van der Waals surface area contributed by atoms with E-state index in [0.717, 1.165) is 19.6 Å². The van der Waals surface area contributed by atoms with Crippen molar-refractivity contribution < 1.29 is 4.74 Å². The van der Waals surface area contributed by atoms with Crippen molar-refractivity contribution >= 4 is 23.5 Å². The van der Waals surface area contributed by atoms with Gasteiger partial charge in [-0.15, -0.1) is 23.5 Å². The zero-order valence-corrected chi connectivity index (χ0v) is 13.6. The summed E-state index contributed by atoms with van der Waals surface area (Å²) in [5, 5.41) is 4.77. The molecule has 0 aliphatic carbocycles. The average molecular weight is 309 g/mol. The summed E-state index contributed by atoms with van der Waals surface area (Å²) < 4.78 is 6.07. The van der Waals surface area contributed by atoms with Crippen molar-refractivity contribution in [2.24, 2.45) is 0 Å². The molecule has 2 nitrogen and oxygen atoms in total. The maximum absolute atomic E-state index is 6.07. The van der Waals surface area contributed by atoms with Crippen LogP contribution >= 0.6 is 23.5 Å². The SMILES string of the molecule is Cc1ccc(SC2CCCOC2CC2NCCS2)cc1. The number of benzene rings is 1. The summed E-state index contributed by atoms with van der Waals surface area (Å²) in [4.78, 5) is 1.38. The maximum atomic E-state index is 6.07. The van der Waals surface area contributed by atoms with Gasteiger partial charge in [-0.25, -0.2) is 0 Å². The van der Waals surface area contributed by atoms with Crippen molar-refractivity contribution in [3.63, 3.8) is 0 Å². The second-order valence-electron chi connectivity index (χ2n) is 5.57. The Morgan fingerprint density at radius 1 is 1.35 bits per heavy atom. The van der Waals surface area contributed by atoms with E-state index < -0.39 is 0 Å². The average Bonchev–Trinajstić information content (AvgIpc) is 2.96. The molecule has 2 aliphatic rings. The number of rotatable bonds is 4. The third kappa shape index (κ3) is 3.94. The molecular weight excluding hydrogens is 286 g/mol. The van der Waals surface area contributed by atoms with Crippen molar-refractivity contribution in [2.45, 2.75) is 47.8 Å². The molecule has 20 heavy (non-hydrogen) atoms. The van der Waals surface area contributed by atoms with Gasteiger partial charge in [-0.3, -0.25) is 0 Å². The Labute approximate surface area is 130 Å². The Morgan fingerprint density at radius 3 is 2.95 bits per heavy atom. The topological polar surface area (TPSA) is 21.3 Å². The monoisotopic (exact) mass is 309 g/mol. The summed E-state index contributed by atoms with van der Waals surface area (Å²) in [5.74, 6) is 1.24. The Balaban J connectivity index is 1.60. The quantitative estimate of drug-likeness (QED) is 0.915. The molecule has 2 saturated heterocycles. The molecule has 0 bridgehead atoms. The van der Waals surface area contributed by atoms with Gasteiger partial charge >= 0.3 is 0 Å². The van der Waals surface area contributed by atoms with Gasteiger partial charge in [-0.1, -0.05) is 17.7 Å². The van der Waals surface area contributed by atoms with Gasteiger partial charge in [0.15, 0.2) is 0 Å². The number of hydrogen-bond donors (Lipinski definition) is 1. The Hall–Kier alpha value is -0.160. The number of hydrogen-bond acceptors (Lipinski definition) is 4. The molecule has 110 valence electrons. The van der Waals surface area contributed by atoms with Gasteiger partial charge in [0.1, 0.15) is 0 Å². The van der Waals surface area contributed by atoms with Crippen LogP contribution in [0.5, 0.6) is 0 Å². The van der Waals surface area contributed by atoms with E-state index in [0.29, 0.717) is 16.7 Å². The predicted octanol–water partition coefficient (Wildman–Crippen LogP) is 3.69. The Bertz CT molecular complexity index is 417. The third-order valence-corrected chi connectivity index (χ3v) is 6.52. The number of ether oxygens (including phenoxy) is 1. The van der Waals surface area contributed by atoms with E-state index in [-0.39, 0.29) is 0 Å². The van der Waals surface area contributed by atoms with Gasteiger partial charge in [0.2, 0.25) is 0 Å². The lowest BCUT2D eigenvalue weighted by Crippen LogP contribution is -2.36. The van der Waals surface area contributed by atoms with E-state index in [1.165, 1.54) is 29.1 Å². The number of nitrogens with one attached hydrogen (secondary N) is 1. The summed E-state index contributed by atoms with van der Waals surface area (Å²) >= 11 is 4.05. The van der Waals surface area contributed by atoms with Crippen LogP contribution in [0.2, 0.25) is 0 Å². The molecule has 4 heteroatoms. The molecule has 0 aromatic heterocycles. The van der Waals surface area contributed by atoms with E-state index >= 15 is 0 Å². The molecule has 1 N–H and O–H groups in total. The molecule has 0 amide bonds. The van der Waals surface area contributed by atoms with Crippen LogP contribution in [-0.2, 0) is 4.74 Å². The number of thioether (sulfide) groups is 2.